The Hall–Kier alpha value is -1.07. The Morgan fingerprint density at radius 2 is 2.11 bits per heavy atom. The second-order valence-electron chi connectivity index (χ2n) is 5.21. The average Bonchev–Trinajstić information content (AvgIpc) is 2.91. The first kappa shape index (κ1) is 12.9. The summed E-state index contributed by atoms with van der Waals surface area (Å²) in [5.41, 5.74) is 3.03. The molecule has 0 amide bonds. The molecule has 1 aliphatic heterocycles. The standard InChI is InChI=1S/C13H19ClN4O/c1-9-12-13(17(2)16-9)18(11(7-14)15-12)8-10-3-5-19-6-4-10/h10H,3-8H2,1-2H3. The zero-order valence-corrected chi connectivity index (χ0v) is 12.2. The topological polar surface area (TPSA) is 44.9 Å². The molecule has 0 spiro atoms. The molecule has 1 saturated heterocycles. The molecule has 3 rings (SSSR count). The Morgan fingerprint density at radius 3 is 2.79 bits per heavy atom. The van der Waals surface area contributed by atoms with Crippen molar-refractivity contribution in [2.45, 2.75) is 32.2 Å². The van der Waals surface area contributed by atoms with Crippen molar-refractivity contribution in [3.05, 3.63) is 11.5 Å². The maximum Gasteiger partial charge on any atom is 0.158 e. The van der Waals surface area contributed by atoms with Crippen molar-refractivity contribution in [2.24, 2.45) is 13.0 Å². The minimum absolute atomic E-state index is 0.442. The highest BCUT2D eigenvalue weighted by Crippen LogP contribution is 2.24. The van der Waals surface area contributed by atoms with Crippen molar-refractivity contribution in [1.29, 1.82) is 0 Å². The van der Waals surface area contributed by atoms with E-state index < -0.39 is 0 Å². The van der Waals surface area contributed by atoms with E-state index in [9.17, 15) is 0 Å². The van der Waals surface area contributed by atoms with Gasteiger partial charge in [-0.2, -0.15) is 5.10 Å². The third-order valence-electron chi connectivity index (χ3n) is 3.87. The number of aryl methyl sites for hydroxylation is 2. The van der Waals surface area contributed by atoms with Gasteiger partial charge >= 0.3 is 0 Å². The minimum Gasteiger partial charge on any atom is -0.381 e. The molecule has 1 aliphatic rings. The molecule has 0 atom stereocenters. The predicted octanol–water partition coefficient (Wildman–Crippen LogP) is 2.24. The largest absolute Gasteiger partial charge is 0.381 e. The number of fused-ring (bicyclic) bond motifs is 1. The van der Waals surface area contributed by atoms with Gasteiger partial charge in [0.25, 0.3) is 0 Å². The number of alkyl halides is 1. The second-order valence-corrected chi connectivity index (χ2v) is 5.48. The molecule has 19 heavy (non-hydrogen) atoms. The van der Waals surface area contributed by atoms with Crippen molar-refractivity contribution < 1.29 is 4.74 Å². The molecule has 6 heteroatoms. The number of hydrogen-bond acceptors (Lipinski definition) is 3. The van der Waals surface area contributed by atoms with E-state index in [1.54, 1.807) is 0 Å². The van der Waals surface area contributed by atoms with Crippen LogP contribution in [0.2, 0.25) is 0 Å². The van der Waals surface area contributed by atoms with Crippen molar-refractivity contribution in [1.82, 2.24) is 19.3 Å². The molecule has 0 N–H and O–H groups in total. The molecule has 0 saturated carbocycles. The van der Waals surface area contributed by atoms with E-state index in [1.807, 2.05) is 18.7 Å². The Kier molecular flexibility index (Phi) is 3.50. The van der Waals surface area contributed by atoms with E-state index in [4.69, 9.17) is 16.3 Å². The molecule has 104 valence electrons. The van der Waals surface area contributed by atoms with Crippen LogP contribution in [0.25, 0.3) is 11.2 Å². The Balaban J connectivity index is 1.99. The fourth-order valence-corrected chi connectivity index (χ4v) is 3.06. The van der Waals surface area contributed by atoms with E-state index >= 15 is 0 Å². The number of rotatable bonds is 3. The first-order valence-electron chi connectivity index (χ1n) is 6.73. The Morgan fingerprint density at radius 1 is 1.37 bits per heavy atom. The highest BCUT2D eigenvalue weighted by Gasteiger charge is 2.21. The third kappa shape index (κ3) is 2.25. The number of halogens is 1. The van der Waals surface area contributed by atoms with Crippen LogP contribution in [0.5, 0.6) is 0 Å². The number of aromatic nitrogens is 4. The lowest BCUT2D eigenvalue weighted by molar-refractivity contribution is 0.0613. The van der Waals surface area contributed by atoms with Gasteiger partial charge in [-0.15, -0.1) is 11.6 Å². The van der Waals surface area contributed by atoms with Gasteiger partial charge in [-0.25, -0.2) is 4.98 Å². The van der Waals surface area contributed by atoms with Crippen LogP contribution < -0.4 is 0 Å². The smallest absolute Gasteiger partial charge is 0.158 e. The van der Waals surface area contributed by atoms with E-state index in [0.29, 0.717) is 11.8 Å². The van der Waals surface area contributed by atoms with Crippen LogP contribution in [0.4, 0.5) is 0 Å². The lowest BCUT2D eigenvalue weighted by Gasteiger charge is -2.23. The highest BCUT2D eigenvalue weighted by molar-refractivity contribution is 6.16. The first-order chi connectivity index (χ1) is 9.20. The van der Waals surface area contributed by atoms with E-state index in [0.717, 1.165) is 55.3 Å². The maximum atomic E-state index is 6.05. The van der Waals surface area contributed by atoms with Crippen LogP contribution in [-0.4, -0.2) is 32.5 Å². The fraction of sp³-hybridized carbons (Fsp3) is 0.692. The Labute approximate surface area is 117 Å². The van der Waals surface area contributed by atoms with Gasteiger partial charge in [0.1, 0.15) is 11.3 Å². The van der Waals surface area contributed by atoms with Gasteiger partial charge in [0, 0.05) is 26.8 Å². The number of ether oxygens (including phenoxy) is 1. The lowest BCUT2D eigenvalue weighted by atomic mass is 10.0. The van der Waals surface area contributed by atoms with Crippen molar-refractivity contribution in [2.75, 3.05) is 13.2 Å². The summed E-state index contributed by atoms with van der Waals surface area (Å²) in [5.74, 6) is 2.03. The van der Waals surface area contributed by atoms with E-state index in [-0.39, 0.29) is 0 Å². The summed E-state index contributed by atoms with van der Waals surface area (Å²) >= 11 is 6.05. The van der Waals surface area contributed by atoms with Crippen molar-refractivity contribution in [3.63, 3.8) is 0 Å². The van der Waals surface area contributed by atoms with Gasteiger partial charge in [0.15, 0.2) is 5.65 Å². The summed E-state index contributed by atoms with van der Waals surface area (Å²) < 4.78 is 9.57. The quantitative estimate of drug-likeness (QED) is 0.811. The zero-order valence-electron chi connectivity index (χ0n) is 11.4. The monoisotopic (exact) mass is 282 g/mol. The summed E-state index contributed by atoms with van der Waals surface area (Å²) in [6.45, 7) is 4.68. The minimum atomic E-state index is 0.442. The molecule has 0 unspecified atom stereocenters. The first-order valence-corrected chi connectivity index (χ1v) is 7.26. The van der Waals surface area contributed by atoms with Gasteiger partial charge in [0.2, 0.25) is 0 Å². The molecule has 2 aromatic rings. The molecular formula is C13H19ClN4O. The lowest BCUT2D eigenvalue weighted by Crippen LogP contribution is -2.21. The molecule has 0 aliphatic carbocycles. The average molecular weight is 283 g/mol. The molecular weight excluding hydrogens is 264 g/mol. The molecule has 0 bridgehead atoms. The molecule has 5 nitrogen and oxygen atoms in total. The normalized spacial score (nSPS) is 17.4. The predicted molar refractivity (Wildman–Crippen MR) is 74.3 cm³/mol. The van der Waals surface area contributed by atoms with Crippen LogP contribution in [0.15, 0.2) is 0 Å². The van der Waals surface area contributed by atoms with Crippen LogP contribution in [0.3, 0.4) is 0 Å². The number of nitrogens with zero attached hydrogens (tertiary/aromatic N) is 4. The molecule has 0 radical (unpaired) electrons. The second kappa shape index (κ2) is 5.13. The fourth-order valence-electron chi connectivity index (χ4n) is 2.86. The summed E-state index contributed by atoms with van der Waals surface area (Å²) in [6, 6.07) is 0. The summed E-state index contributed by atoms with van der Waals surface area (Å²) in [5, 5.41) is 4.44. The Bertz CT molecular complexity index is 583. The number of imidazole rings is 1. The van der Waals surface area contributed by atoms with Gasteiger partial charge < -0.3 is 9.30 Å². The maximum absolute atomic E-state index is 6.05. The van der Waals surface area contributed by atoms with Gasteiger partial charge in [0.05, 0.1) is 11.6 Å². The number of hydrogen-bond donors (Lipinski definition) is 0. The van der Waals surface area contributed by atoms with Crippen LogP contribution >= 0.6 is 11.6 Å². The summed E-state index contributed by atoms with van der Waals surface area (Å²) in [7, 11) is 1.97. The van der Waals surface area contributed by atoms with E-state index in [2.05, 4.69) is 14.6 Å². The molecule has 1 fully saturated rings. The molecule has 3 heterocycles. The van der Waals surface area contributed by atoms with E-state index in [1.165, 1.54) is 0 Å². The molecule has 0 aromatic carbocycles. The van der Waals surface area contributed by atoms with Crippen molar-refractivity contribution in [3.8, 4) is 0 Å². The van der Waals surface area contributed by atoms with Gasteiger partial charge in [-0.3, -0.25) is 4.68 Å². The highest BCUT2D eigenvalue weighted by atomic mass is 35.5. The SMILES string of the molecule is Cc1nn(C)c2c1nc(CCl)n2CC1CCOCC1. The molecule has 2 aromatic heterocycles. The van der Waals surface area contributed by atoms with Crippen molar-refractivity contribution >= 4 is 22.8 Å². The summed E-state index contributed by atoms with van der Waals surface area (Å²) in [4.78, 5) is 4.63. The van der Waals surface area contributed by atoms with Crippen LogP contribution in [0.1, 0.15) is 24.4 Å². The summed E-state index contributed by atoms with van der Waals surface area (Å²) in [6.07, 6.45) is 2.22. The van der Waals surface area contributed by atoms with Gasteiger partial charge in [-0.05, 0) is 25.7 Å². The third-order valence-corrected chi connectivity index (χ3v) is 4.11. The van der Waals surface area contributed by atoms with Crippen LogP contribution in [0, 0.1) is 12.8 Å². The van der Waals surface area contributed by atoms with Crippen LogP contribution in [-0.2, 0) is 24.2 Å². The zero-order chi connectivity index (χ0) is 13.4. The van der Waals surface area contributed by atoms with Gasteiger partial charge in [-0.1, -0.05) is 0 Å².